The van der Waals surface area contributed by atoms with Gasteiger partial charge in [-0.05, 0) is 38.5 Å². The summed E-state index contributed by atoms with van der Waals surface area (Å²) >= 11 is 5.76. The molecule has 0 N–H and O–H groups in total. The van der Waals surface area contributed by atoms with Gasteiger partial charge in [0.15, 0.2) is 0 Å². The fourth-order valence-electron chi connectivity index (χ4n) is 3.43. The van der Waals surface area contributed by atoms with E-state index in [1.54, 1.807) is 0 Å². The number of halogens is 1. The van der Waals surface area contributed by atoms with Crippen molar-refractivity contribution in [2.75, 3.05) is 12.4 Å². The van der Waals surface area contributed by atoms with E-state index in [0.717, 1.165) is 38.1 Å². The Labute approximate surface area is 110 Å². The quantitative estimate of drug-likeness (QED) is 0.705. The number of carbonyl (C=O) groups excluding carboxylic acids is 1. The van der Waals surface area contributed by atoms with Crippen LogP contribution in [-0.4, -0.2) is 29.3 Å². The number of likely N-dealkylation sites (tertiary alicyclic amines) is 1. The smallest absolute Gasteiger partial charge is 0.228 e. The Bertz CT molecular complexity index is 273. The fourth-order valence-corrected chi connectivity index (χ4v) is 3.59. The summed E-state index contributed by atoms with van der Waals surface area (Å²) in [7, 11) is 0. The lowest BCUT2D eigenvalue weighted by atomic mass is 9.86. The van der Waals surface area contributed by atoms with E-state index in [1.807, 2.05) is 0 Å². The molecule has 1 amide bonds. The van der Waals surface area contributed by atoms with Crippen LogP contribution >= 0.6 is 11.6 Å². The maximum Gasteiger partial charge on any atom is 0.228 e. The average Bonchev–Trinajstić information content (AvgIpc) is 2.95. The van der Waals surface area contributed by atoms with Gasteiger partial charge >= 0.3 is 0 Å². The monoisotopic (exact) mass is 257 g/mol. The summed E-state index contributed by atoms with van der Waals surface area (Å²) in [6, 6.07) is 0.471. The van der Waals surface area contributed by atoms with Gasteiger partial charge in [0.05, 0.1) is 0 Å². The van der Waals surface area contributed by atoms with Gasteiger partial charge < -0.3 is 4.90 Å². The minimum absolute atomic E-state index is 0.0520. The molecule has 0 radical (unpaired) electrons. The Hall–Kier alpha value is -0.240. The van der Waals surface area contributed by atoms with Crippen LogP contribution in [0.1, 0.15) is 58.3 Å². The van der Waals surface area contributed by atoms with E-state index in [1.165, 1.54) is 25.7 Å². The summed E-state index contributed by atoms with van der Waals surface area (Å²) in [5.41, 5.74) is -0.0520. The lowest BCUT2D eigenvalue weighted by molar-refractivity contribution is -0.142. The Balaban J connectivity index is 1.97. The van der Waals surface area contributed by atoms with E-state index in [2.05, 4.69) is 11.8 Å². The normalized spacial score (nSPS) is 27.6. The van der Waals surface area contributed by atoms with Gasteiger partial charge in [-0.15, -0.1) is 11.6 Å². The van der Waals surface area contributed by atoms with E-state index in [-0.39, 0.29) is 5.41 Å². The molecule has 0 bridgehead atoms. The first-order valence-corrected chi connectivity index (χ1v) is 7.58. The molecular weight excluding hydrogens is 234 g/mol. The van der Waals surface area contributed by atoms with Crippen molar-refractivity contribution in [1.29, 1.82) is 0 Å². The molecule has 1 unspecified atom stereocenters. The van der Waals surface area contributed by atoms with E-state index in [4.69, 9.17) is 11.6 Å². The summed E-state index contributed by atoms with van der Waals surface area (Å²) in [5, 5.41) is 0. The number of carbonyl (C=O) groups is 1. The standard InChI is InChI=1S/C14H24ClNO/c1-14(8-2-3-9-14)13(17)16-11-5-7-12(16)6-4-10-15/h12H,2-11H2,1H3. The van der Waals surface area contributed by atoms with Gasteiger partial charge in [0, 0.05) is 23.9 Å². The zero-order valence-corrected chi connectivity index (χ0v) is 11.6. The molecular formula is C14H24ClNO. The van der Waals surface area contributed by atoms with E-state index < -0.39 is 0 Å². The number of hydrogen-bond acceptors (Lipinski definition) is 1. The highest BCUT2D eigenvalue weighted by Crippen LogP contribution is 2.40. The Kier molecular flexibility index (Phi) is 4.35. The lowest BCUT2D eigenvalue weighted by Gasteiger charge is -2.33. The van der Waals surface area contributed by atoms with Crippen LogP contribution in [-0.2, 0) is 4.79 Å². The van der Waals surface area contributed by atoms with Crippen LogP contribution in [0, 0.1) is 5.41 Å². The number of rotatable bonds is 4. The van der Waals surface area contributed by atoms with Gasteiger partial charge in [-0.3, -0.25) is 4.79 Å². The zero-order valence-electron chi connectivity index (χ0n) is 10.9. The Morgan fingerprint density at radius 2 is 2.06 bits per heavy atom. The molecule has 0 aromatic carbocycles. The molecule has 0 aromatic rings. The number of alkyl halides is 1. The maximum absolute atomic E-state index is 12.6. The molecule has 1 saturated carbocycles. The predicted octanol–water partition coefficient (Wildman–Crippen LogP) is 3.58. The summed E-state index contributed by atoms with van der Waals surface area (Å²) in [6.07, 6.45) is 9.10. The van der Waals surface area contributed by atoms with Crippen molar-refractivity contribution >= 4 is 17.5 Å². The minimum atomic E-state index is -0.0520. The summed E-state index contributed by atoms with van der Waals surface area (Å²) in [4.78, 5) is 14.8. The van der Waals surface area contributed by atoms with Crippen molar-refractivity contribution in [2.24, 2.45) is 5.41 Å². The van der Waals surface area contributed by atoms with E-state index in [0.29, 0.717) is 11.9 Å². The molecule has 17 heavy (non-hydrogen) atoms. The number of hydrogen-bond donors (Lipinski definition) is 0. The van der Waals surface area contributed by atoms with Crippen LogP contribution in [0.4, 0.5) is 0 Å². The summed E-state index contributed by atoms with van der Waals surface area (Å²) in [6.45, 7) is 3.14. The predicted molar refractivity (Wildman–Crippen MR) is 71.3 cm³/mol. The molecule has 1 saturated heterocycles. The van der Waals surface area contributed by atoms with Crippen LogP contribution in [0.5, 0.6) is 0 Å². The second-order valence-electron chi connectivity index (χ2n) is 5.89. The molecule has 1 aliphatic heterocycles. The van der Waals surface area contributed by atoms with Gasteiger partial charge in [0.2, 0.25) is 5.91 Å². The summed E-state index contributed by atoms with van der Waals surface area (Å²) < 4.78 is 0. The lowest BCUT2D eigenvalue weighted by Crippen LogP contribution is -2.43. The zero-order chi connectivity index (χ0) is 12.3. The van der Waals surface area contributed by atoms with Gasteiger partial charge in [-0.25, -0.2) is 0 Å². The average molecular weight is 258 g/mol. The third-order valence-corrected chi connectivity index (χ3v) is 4.80. The van der Waals surface area contributed by atoms with Crippen molar-refractivity contribution in [3.05, 3.63) is 0 Å². The molecule has 0 spiro atoms. The van der Waals surface area contributed by atoms with Crippen molar-refractivity contribution < 1.29 is 4.79 Å². The first-order valence-electron chi connectivity index (χ1n) is 7.04. The largest absolute Gasteiger partial charge is 0.339 e. The minimum Gasteiger partial charge on any atom is -0.339 e. The molecule has 2 fully saturated rings. The highest BCUT2D eigenvalue weighted by Gasteiger charge is 2.42. The first kappa shape index (κ1) is 13.2. The number of nitrogens with zero attached hydrogens (tertiary/aromatic N) is 1. The van der Waals surface area contributed by atoms with Gasteiger partial charge in [-0.2, -0.15) is 0 Å². The van der Waals surface area contributed by atoms with Crippen LogP contribution in [0.25, 0.3) is 0 Å². The highest BCUT2D eigenvalue weighted by molar-refractivity contribution is 6.17. The van der Waals surface area contributed by atoms with Crippen LogP contribution < -0.4 is 0 Å². The molecule has 0 aromatic heterocycles. The highest BCUT2D eigenvalue weighted by atomic mass is 35.5. The van der Waals surface area contributed by atoms with Crippen molar-refractivity contribution in [3.63, 3.8) is 0 Å². The molecule has 2 rings (SSSR count). The molecule has 1 heterocycles. The van der Waals surface area contributed by atoms with Crippen molar-refractivity contribution in [1.82, 2.24) is 4.90 Å². The van der Waals surface area contributed by atoms with Crippen LogP contribution in [0.2, 0.25) is 0 Å². The topological polar surface area (TPSA) is 20.3 Å². The third-order valence-electron chi connectivity index (χ3n) is 4.53. The Morgan fingerprint density at radius 1 is 1.35 bits per heavy atom. The van der Waals surface area contributed by atoms with Crippen molar-refractivity contribution in [3.8, 4) is 0 Å². The third kappa shape index (κ3) is 2.78. The SMILES string of the molecule is CC1(C(=O)N2CCCC2CCCCl)CCCC1. The van der Waals surface area contributed by atoms with Crippen molar-refractivity contribution in [2.45, 2.75) is 64.3 Å². The van der Waals surface area contributed by atoms with E-state index >= 15 is 0 Å². The molecule has 1 atom stereocenters. The number of amides is 1. The summed E-state index contributed by atoms with van der Waals surface area (Å²) in [5.74, 6) is 1.14. The molecule has 2 nitrogen and oxygen atoms in total. The van der Waals surface area contributed by atoms with Crippen LogP contribution in [0.15, 0.2) is 0 Å². The maximum atomic E-state index is 12.6. The molecule has 3 heteroatoms. The molecule has 1 aliphatic carbocycles. The first-order chi connectivity index (χ1) is 8.17. The molecule has 98 valence electrons. The van der Waals surface area contributed by atoms with Gasteiger partial charge in [0.25, 0.3) is 0 Å². The fraction of sp³-hybridized carbons (Fsp3) is 0.929. The van der Waals surface area contributed by atoms with Gasteiger partial charge in [-0.1, -0.05) is 19.8 Å². The van der Waals surface area contributed by atoms with Crippen LogP contribution in [0.3, 0.4) is 0 Å². The molecule has 2 aliphatic rings. The van der Waals surface area contributed by atoms with Gasteiger partial charge in [0.1, 0.15) is 0 Å². The Morgan fingerprint density at radius 3 is 2.71 bits per heavy atom. The second-order valence-corrected chi connectivity index (χ2v) is 6.27. The van der Waals surface area contributed by atoms with E-state index in [9.17, 15) is 4.79 Å². The second kappa shape index (κ2) is 5.60.